The lowest BCUT2D eigenvalue weighted by Crippen LogP contribution is -1.94. The van der Waals surface area contributed by atoms with Crippen molar-refractivity contribution in [1.29, 1.82) is 5.26 Å². The van der Waals surface area contributed by atoms with E-state index >= 15 is 0 Å². The molecule has 0 saturated heterocycles. The Labute approximate surface area is 136 Å². The molecule has 0 N–H and O–H groups in total. The highest BCUT2D eigenvalue weighted by molar-refractivity contribution is 5.64. The van der Waals surface area contributed by atoms with Crippen LogP contribution in [0.15, 0.2) is 78.9 Å². The molecule has 3 aromatic carbocycles. The second-order valence-electron chi connectivity index (χ2n) is 5.33. The summed E-state index contributed by atoms with van der Waals surface area (Å²) in [6, 6.07) is 28.5. The van der Waals surface area contributed by atoms with E-state index in [0.717, 1.165) is 28.0 Å². The van der Waals surface area contributed by atoms with Crippen molar-refractivity contribution in [1.82, 2.24) is 0 Å². The zero-order valence-corrected chi connectivity index (χ0v) is 12.8. The van der Waals surface area contributed by atoms with Gasteiger partial charge in [0.05, 0.1) is 12.5 Å². The SMILES string of the molecule is N#CCc1ccc(-c2ccc(OCc3ccccc3)cc2)cc1. The maximum Gasteiger partial charge on any atom is 0.119 e. The minimum Gasteiger partial charge on any atom is -0.489 e. The minimum atomic E-state index is 0.451. The van der Waals surface area contributed by atoms with Gasteiger partial charge in [0, 0.05) is 0 Å². The lowest BCUT2D eigenvalue weighted by atomic mass is 10.0. The summed E-state index contributed by atoms with van der Waals surface area (Å²) < 4.78 is 5.80. The summed E-state index contributed by atoms with van der Waals surface area (Å²) in [5.41, 5.74) is 4.48. The summed E-state index contributed by atoms with van der Waals surface area (Å²) in [6.07, 6.45) is 0.451. The van der Waals surface area contributed by atoms with E-state index in [0.29, 0.717) is 13.0 Å². The third-order valence-corrected chi connectivity index (χ3v) is 3.67. The highest BCUT2D eigenvalue weighted by atomic mass is 16.5. The van der Waals surface area contributed by atoms with Crippen LogP contribution in [0.2, 0.25) is 0 Å². The molecule has 3 aromatic rings. The second kappa shape index (κ2) is 7.29. The van der Waals surface area contributed by atoms with Gasteiger partial charge < -0.3 is 4.74 Å². The molecule has 0 aliphatic carbocycles. The Balaban J connectivity index is 1.66. The molecule has 3 rings (SSSR count). The first-order valence-electron chi connectivity index (χ1n) is 7.58. The predicted molar refractivity (Wildman–Crippen MR) is 92.0 cm³/mol. The quantitative estimate of drug-likeness (QED) is 0.664. The van der Waals surface area contributed by atoms with Crippen molar-refractivity contribution in [3.8, 4) is 22.9 Å². The van der Waals surface area contributed by atoms with Crippen molar-refractivity contribution in [2.45, 2.75) is 13.0 Å². The monoisotopic (exact) mass is 299 g/mol. The average molecular weight is 299 g/mol. The fourth-order valence-electron chi connectivity index (χ4n) is 2.39. The van der Waals surface area contributed by atoms with Crippen LogP contribution in [-0.4, -0.2) is 0 Å². The number of hydrogen-bond donors (Lipinski definition) is 0. The first-order chi connectivity index (χ1) is 11.3. The van der Waals surface area contributed by atoms with Crippen LogP contribution >= 0.6 is 0 Å². The summed E-state index contributed by atoms with van der Waals surface area (Å²) in [5, 5.41) is 8.71. The van der Waals surface area contributed by atoms with E-state index in [4.69, 9.17) is 10.00 Å². The van der Waals surface area contributed by atoms with Crippen molar-refractivity contribution in [3.63, 3.8) is 0 Å². The van der Waals surface area contributed by atoms with Gasteiger partial charge in [-0.2, -0.15) is 5.26 Å². The lowest BCUT2D eigenvalue weighted by Gasteiger charge is -2.08. The first kappa shape index (κ1) is 14.9. The highest BCUT2D eigenvalue weighted by Crippen LogP contribution is 2.23. The molecule has 0 aliphatic rings. The number of benzene rings is 3. The molecular formula is C21H17NO. The van der Waals surface area contributed by atoms with Crippen LogP contribution < -0.4 is 4.74 Å². The summed E-state index contributed by atoms with van der Waals surface area (Å²) in [6.45, 7) is 0.572. The van der Waals surface area contributed by atoms with E-state index in [1.54, 1.807) is 0 Å². The molecule has 2 nitrogen and oxygen atoms in total. The van der Waals surface area contributed by atoms with Gasteiger partial charge in [0.1, 0.15) is 12.4 Å². The molecule has 112 valence electrons. The van der Waals surface area contributed by atoms with Crippen molar-refractivity contribution in [3.05, 3.63) is 90.0 Å². The Morgan fingerprint density at radius 3 is 1.91 bits per heavy atom. The summed E-state index contributed by atoms with van der Waals surface area (Å²) in [5.74, 6) is 0.860. The van der Waals surface area contributed by atoms with Crippen molar-refractivity contribution in [2.24, 2.45) is 0 Å². The summed E-state index contributed by atoms with van der Waals surface area (Å²) in [7, 11) is 0. The summed E-state index contributed by atoms with van der Waals surface area (Å²) >= 11 is 0. The number of hydrogen-bond acceptors (Lipinski definition) is 2. The molecule has 0 heterocycles. The molecule has 0 amide bonds. The van der Waals surface area contributed by atoms with Crippen molar-refractivity contribution in [2.75, 3.05) is 0 Å². The molecule has 0 aromatic heterocycles. The minimum absolute atomic E-state index is 0.451. The fraction of sp³-hybridized carbons (Fsp3) is 0.0952. The highest BCUT2D eigenvalue weighted by Gasteiger charge is 2.00. The fourth-order valence-corrected chi connectivity index (χ4v) is 2.39. The van der Waals surface area contributed by atoms with Gasteiger partial charge in [-0.3, -0.25) is 0 Å². The maximum absolute atomic E-state index is 8.71. The molecule has 0 saturated carbocycles. The normalized spacial score (nSPS) is 10.0. The van der Waals surface area contributed by atoms with Gasteiger partial charge in [-0.05, 0) is 34.4 Å². The Kier molecular flexibility index (Phi) is 4.71. The van der Waals surface area contributed by atoms with Gasteiger partial charge in [-0.15, -0.1) is 0 Å². The Bertz CT molecular complexity index is 784. The van der Waals surface area contributed by atoms with Crippen LogP contribution in [0.4, 0.5) is 0 Å². The molecule has 0 atom stereocenters. The van der Waals surface area contributed by atoms with Crippen molar-refractivity contribution >= 4 is 0 Å². The second-order valence-corrected chi connectivity index (χ2v) is 5.33. The van der Waals surface area contributed by atoms with E-state index in [1.807, 2.05) is 54.6 Å². The van der Waals surface area contributed by atoms with Crippen LogP contribution in [0.25, 0.3) is 11.1 Å². The molecule has 0 aliphatic heterocycles. The molecule has 0 fully saturated rings. The predicted octanol–water partition coefficient (Wildman–Crippen LogP) is 5.00. The topological polar surface area (TPSA) is 33.0 Å². The standard InChI is InChI=1S/C21H17NO/c22-15-14-17-6-8-19(9-7-17)20-10-12-21(13-11-20)23-16-18-4-2-1-3-5-18/h1-13H,14,16H2. The van der Waals surface area contributed by atoms with Crippen LogP contribution in [0.5, 0.6) is 5.75 Å². The molecule has 0 spiro atoms. The zero-order chi connectivity index (χ0) is 15.9. The number of nitriles is 1. The first-order valence-corrected chi connectivity index (χ1v) is 7.58. The smallest absolute Gasteiger partial charge is 0.119 e. The van der Waals surface area contributed by atoms with E-state index < -0.39 is 0 Å². The largest absolute Gasteiger partial charge is 0.489 e. The average Bonchev–Trinajstić information content (AvgIpc) is 2.62. The van der Waals surface area contributed by atoms with Crippen molar-refractivity contribution < 1.29 is 4.74 Å². The van der Waals surface area contributed by atoms with Gasteiger partial charge in [0.15, 0.2) is 0 Å². The van der Waals surface area contributed by atoms with Crippen LogP contribution in [0.1, 0.15) is 11.1 Å². The Morgan fingerprint density at radius 2 is 1.30 bits per heavy atom. The molecule has 0 unspecified atom stereocenters. The van der Waals surface area contributed by atoms with Gasteiger partial charge >= 0.3 is 0 Å². The molecule has 23 heavy (non-hydrogen) atoms. The van der Waals surface area contributed by atoms with Crippen LogP contribution in [0, 0.1) is 11.3 Å². The lowest BCUT2D eigenvalue weighted by molar-refractivity contribution is 0.306. The van der Waals surface area contributed by atoms with Gasteiger partial charge in [-0.25, -0.2) is 0 Å². The number of rotatable bonds is 5. The number of ether oxygens (including phenoxy) is 1. The van der Waals surface area contributed by atoms with E-state index in [1.165, 1.54) is 0 Å². The summed E-state index contributed by atoms with van der Waals surface area (Å²) in [4.78, 5) is 0. The molecular weight excluding hydrogens is 282 g/mol. The molecule has 0 bridgehead atoms. The van der Waals surface area contributed by atoms with Gasteiger partial charge in [0.2, 0.25) is 0 Å². The van der Waals surface area contributed by atoms with Gasteiger partial charge in [0.25, 0.3) is 0 Å². The van der Waals surface area contributed by atoms with E-state index in [-0.39, 0.29) is 0 Å². The van der Waals surface area contributed by atoms with E-state index in [9.17, 15) is 0 Å². The molecule has 0 radical (unpaired) electrons. The third kappa shape index (κ3) is 3.99. The maximum atomic E-state index is 8.71. The Hall–Kier alpha value is -3.05. The zero-order valence-electron chi connectivity index (χ0n) is 12.8. The molecule has 2 heteroatoms. The number of nitrogens with zero attached hydrogens (tertiary/aromatic N) is 1. The third-order valence-electron chi connectivity index (χ3n) is 3.67. The van der Waals surface area contributed by atoms with Gasteiger partial charge in [-0.1, -0.05) is 66.7 Å². The van der Waals surface area contributed by atoms with Crippen LogP contribution in [0.3, 0.4) is 0 Å². The van der Waals surface area contributed by atoms with E-state index in [2.05, 4.69) is 30.3 Å². The Morgan fingerprint density at radius 1 is 0.696 bits per heavy atom. The van der Waals surface area contributed by atoms with Crippen LogP contribution in [-0.2, 0) is 13.0 Å².